The normalized spacial score (nSPS) is 16.7. The number of aromatic nitrogens is 3. The average molecular weight is 331 g/mol. The molecule has 1 atom stereocenters. The topological polar surface area (TPSA) is 82.7 Å². The Balaban J connectivity index is 1.53. The van der Waals surface area contributed by atoms with Gasteiger partial charge in [-0.3, -0.25) is 10.4 Å². The van der Waals surface area contributed by atoms with Gasteiger partial charge in [-0.2, -0.15) is 16.9 Å². The first-order valence-electron chi connectivity index (χ1n) is 7.86. The number of hydrogen-bond donors (Lipinski definition) is 3. The van der Waals surface area contributed by atoms with E-state index in [9.17, 15) is 4.79 Å². The number of anilines is 1. The summed E-state index contributed by atoms with van der Waals surface area (Å²) in [5, 5.41) is 12.9. The number of nitrogens with one attached hydrogen (secondary N) is 3. The lowest BCUT2D eigenvalue weighted by atomic mass is 9.94. The predicted molar refractivity (Wildman–Crippen MR) is 92.6 cm³/mol. The number of nitrogens with zero attached hydrogens (tertiary/aromatic N) is 2. The van der Waals surface area contributed by atoms with E-state index in [0.29, 0.717) is 5.82 Å². The zero-order valence-corrected chi connectivity index (χ0v) is 13.9. The van der Waals surface area contributed by atoms with Crippen molar-refractivity contribution in [3.8, 4) is 0 Å². The number of hydrogen-bond acceptors (Lipinski definition) is 4. The number of aromatic amines is 1. The van der Waals surface area contributed by atoms with Crippen molar-refractivity contribution in [1.29, 1.82) is 0 Å². The van der Waals surface area contributed by atoms with Gasteiger partial charge in [0.25, 0.3) is 0 Å². The van der Waals surface area contributed by atoms with E-state index in [-0.39, 0.29) is 12.1 Å². The van der Waals surface area contributed by atoms with Crippen LogP contribution in [0, 0.1) is 0 Å². The predicted octanol–water partition coefficient (Wildman–Crippen LogP) is 2.74. The van der Waals surface area contributed by atoms with Crippen LogP contribution < -0.4 is 10.6 Å². The van der Waals surface area contributed by atoms with E-state index in [4.69, 9.17) is 0 Å². The van der Waals surface area contributed by atoms with E-state index in [2.05, 4.69) is 32.7 Å². The highest BCUT2D eigenvalue weighted by Gasteiger charge is 2.21. The molecule has 0 saturated heterocycles. The molecule has 2 aromatic rings. The van der Waals surface area contributed by atoms with Crippen LogP contribution >= 0.6 is 11.8 Å². The van der Waals surface area contributed by atoms with E-state index in [0.717, 1.165) is 30.8 Å². The fourth-order valence-electron chi connectivity index (χ4n) is 2.73. The van der Waals surface area contributed by atoms with Gasteiger partial charge in [-0.1, -0.05) is 6.92 Å². The van der Waals surface area contributed by atoms with Gasteiger partial charge >= 0.3 is 6.03 Å². The standard InChI is InChI=1S/C16H21N5OS/c1-2-23-10-11-5-6-17-15(7-11)20-16(22)19-13-3-4-14-12(8-13)9-18-21-14/h5-7,9,13H,2-4,8,10H2,1H3,(H,18,21)(H2,17,19,20,22)/t13-/m0/s1. The maximum atomic E-state index is 12.2. The van der Waals surface area contributed by atoms with Crippen molar-refractivity contribution in [2.24, 2.45) is 0 Å². The van der Waals surface area contributed by atoms with Crippen LogP contribution in [-0.4, -0.2) is 33.0 Å². The van der Waals surface area contributed by atoms with Gasteiger partial charge in [-0.05, 0) is 48.3 Å². The molecule has 0 bridgehead atoms. The average Bonchev–Trinajstić information content (AvgIpc) is 3.01. The Morgan fingerprint density at radius 2 is 2.43 bits per heavy atom. The van der Waals surface area contributed by atoms with Crippen LogP contribution in [0.5, 0.6) is 0 Å². The number of H-pyrrole nitrogens is 1. The molecule has 1 aliphatic carbocycles. The SMILES string of the molecule is CCSCc1ccnc(NC(=O)N[C@H]2CCc3[nH]ncc3C2)c1. The Hall–Kier alpha value is -2.02. The molecule has 1 aliphatic rings. The number of urea groups is 1. The van der Waals surface area contributed by atoms with Crippen molar-refractivity contribution in [3.05, 3.63) is 41.3 Å². The van der Waals surface area contributed by atoms with E-state index >= 15 is 0 Å². The van der Waals surface area contributed by atoms with Crippen molar-refractivity contribution in [2.75, 3.05) is 11.1 Å². The molecule has 3 rings (SSSR count). The summed E-state index contributed by atoms with van der Waals surface area (Å²) in [7, 11) is 0. The van der Waals surface area contributed by atoms with Crippen molar-refractivity contribution >= 4 is 23.6 Å². The van der Waals surface area contributed by atoms with Crippen LogP contribution in [0.3, 0.4) is 0 Å². The number of carbonyl (C=O) groups excluding carboxylic acids is 1. The molecule has 0 fully saturated rings. The van der Waals surface area contributed by atoms with Gasteiger partial charge in [0.1, 0.15) is 5.82 Å². The van der Waals surface area contributed by atoms with E-state index < -0.39 is 0 Å². The maximum absolute atomic E-state index is 12.2. The number of pyridine rings is 1. The molecule has 7 heteroatoms. The molecule has 23 heavy (non-hydrogen) atoms. The van der Waals surface area contributed by atoms with Gasteiger partial charge in [-0.25, -0.2) is 9.78 Å². The summed E-state index contributed by atoms with van der Waals surface area (Å²) >= 11 is 1.85. The fourth-order valence-corrected chi connectivity index (χ4v) is 3.35. The molecular weight excluding hydrogens is 310 g/mol. The Kier molecular flexibility index (Phi) is 5.17. The van der Waals surface area contributed by atoms with Crippen molar-refractivity contribution in [1.82, 2.24) is 20.5 Å². The number of amides is 2. The fraction of sp³-hybridized carbons (Fsp3) is 0.438. The first-order chi connectivity index (χ1) is 11.2. The Morgan fingerprint density at radius 3 is 3.30 bits per heavy atom. The Morgan fingerprint density at radius 1 is 1.52 bits per heavy atom. The van der Waals surface area contributed by atoms with Crippen LogP contribution in [-0.2, 0) is 18.6 Å². The minimum Gasteiger partial charge on any atom is -0.335 e. The number of carbonyl (C=O) groups is 1. The first kappa shape index (κ1) is 15.9. The van der Waals surface area contributed by atoms with Gasteiger partial charge in [0.05, 0.1) is 6.20 Å². The first-order valence-corrected chi connectivity index (χ1v) is 9.01. The van der Waals surface area contributed by atoms with Crippen LogP contribution in [0.25, 0.3) is 0 Å². The van der Waals surface area contributed by atoms with Crippen LogP contribution in [0.4, 0.5) is 10.6 Å². The van der Waals surface area contributed by atoms with Crippen LogP contribution in [0.2, 0.25) is 0 Å². The minimum absolute atomic E-state index is 0.138. The molecule has 0 aromatic carbocycles. The Bertz CT molecular complexity index is 672. The van der Waals surface area contributed by atoms with Gasteiger partial charge in [0.2, 0.25) is 0 Å². The smallest absolute Gasteiger partial charge is 0.320 e. The number of aryl methyl sites for hydroxylation is 1. The van der Waals surface area contributed by atoms with Gasteiger partial charge in [0, 0.05) is 23.7 Å². The van der Waals surface area contributed by atoms with E-state index in [1.807, 2.05) is 30.1 Å². The summed E-state index contributed by atoms with van der Waals surface area (Å²) in [6, 6.07) is 3.85. The number of rotatable bonds is 5. The zero-order chi connectivity index (χ0) is 16.1. The third kappa shape index (κ3) is 4.25. The van der Waals surface area contributed by atoms with Crippen LogP contribution in [0.1, 0.15) is 30.2 Å². The number of fused-ring (bicyclic) bond motifs is 1. The maximum Gasteiger partial charge on any atom is 0.320 e. The van der Waals surface area contributed by atoms with Gasteiger partial charge in [-0.15, -0.1) is 0 Å². The monoisotopic (exact) mass is 331 g/mol. The van der Waals surface area contributed by atoms with Crippen LogP contribution in [0.15, 0.2) is 24.5 Å². The zero-order valence-electron chi connectivity index (χ0n) is 13.1. The van der Waals surface area contributed by atoms with Crippen molar-refractivity contribution in [2.45, 2.75) is 38.0 Å². The molecule has 2 heterocycles. The molecule has 0 aliphatic heterocycles. The molecule has 3 N–H and O–H groups in total. The second kappa shape index (κ2) is 7.50. The van der Waals surface area contributed by atoms with E-state index in [1.54, 1.807) is 6.20 Å². The molecule has 2 amide bonds. The summed E-state index contributed by atoms with van der Waals surface area (Å²) in [6.45, 7) is 2.13. The van der Waals surface area contributed by atoms with E-state index in [1.165, 1.54) is 16.8 Å². The molecule has 0 saturated carbocycles. The Labute approximate surface area is 139 Å². The molecule has 122 valence electrons. The van der Waals surface area contributed by atoms with Crippen molar-refractivity contribution in [3.63, 3.8) is 0 Å². The minimum atomic E-state index is -0.199. The molecule has 0 spiro atoms. The highest BCUT2D eigenvalue weighted by molar-refractivity contribution is 7.98. The molecular formula is C16H21N5OS. The largest absolute Gasteiger partial charge is 0.335 e. The third-order valence-electron chi connectivity index (χ3n) is 3.89. The lowest BCUT2D eigenvalue weighted by Crippen LogP contribution is -2.41. The summed E-state index contributed by atoms with van der Waals surface area (Å²) in [5.41, 5.74) is 3.55. The lowest BCUT2D eigenvalue weighted by molar-refractivity contribution is 0.247. The summed E-state index contributed by atoms with van der Waals surface area (Å²) < 4.78 is 0. The summed E-state index contributed by atoms with van der Waals surface area (Å²) in [5.74, 6) is 2.60. The second-order valence-electron chi connectivity index (χ2n) is 5.60. The molecule has 2 aromatic heterocycles. The van der Waals surface area contributed by atoms with Gasteiger partial charge < -0.3 is 5.32 Å². The highest BCUT2D eigenvalue weighted by atomic mass is 32.2. The number of thioether (sulfide) groups is 1. The lowest BCUT2D eigenvalue weighted by Gasteiger charge is -2.22. The molecule has 6 nitrogen and oxygen atoms in total. The highest BCUT2D eigenvalue weighted by Crippen LogP contribution is 2.19. The summed E-state index contributed by atoms with van der Waals surface area (Å²) in [4.78, 5) is 16.4. The summed E-state index contributed by atoms with van der Waals surface area (Å²) in [6.07, 6.45) is 6.24. The molecule has 0 unspecified atom stereocenters. The second-order valence-corrected chi connectivity index (χ2v) is 6.87. The van der Waals surface area contributed by atoms with Gasteiger partial charge in [0.15, 0.2) is 0 Å². The quantitative estimate of drug-likeness (QED) is 0.787. The third-order valence-corrected chi connectivity index (χ3v) is 4.84. The molecule has 0 radical (unpaired) electrons. The van der Waals surface area contributed by atoms with Crippen molar-refractivity contribution < 1.29 is 4.79 Å².